The van der Waals surface area contributed by atoms with Crippen LogP contribution in [-0.2, 0) is 4.79 Å². The normalized spacial score (nSPS) is 22.5. The molecule has 120 valence electrons. The molecule has 0 bridgehead atoms. The van der Waals surface area contributed by atoms with E-state index in [1.807, 2.05) is 0 Å². The molecule has 22 heavy (non-hydrogen) atoms. The van der Waals surface area contributed by atoms with Crippen molar-refractivity contribution in [3.8, 4) is 0 Å². The third-order valence-corrected chi connectivity index (χ3v) is 5.06. The second-order valence-corrected chi connectivity index (χ2v) is 7.88. The van der Waals surface area contributed by atoms with Crippen molar-refractivity contribution in [2.75, 3.05) is 0 Å². The molecule has 0 radical (unpaired) electrons. The third-order valence-electron chi connectivity index (χ3n) is 3.93. The molecular formula is C15H16Cl4N2O. The van der Waals surface area contributed by atoms with Crippen molar-refractivity contribution in [1.29, 1.82) is 0 Å². The summed E-state index contributed by atoms with van der Waals surface area (Å²) in [5, 5.41) is 8.70. The zero-order chi connectivity index (χ0) is 16.5. The fraction of sp³-hybridized carbons (Fsp3) is 0.533. The van der Waals surface area contributed by atoms with Crippen LogP contribution >= 0.6 is 46.4 Å². The standard InChI is InChI=1S/C15H16Cl4N2O/c1-8-3-4-10(5-8)14(22)15(18,19)21-20-13-7-11(16)6-12(17)9(13)2/h6-8,10H,3-5H2,1-2H3. The van der Waals surface area contributed by atoms with Crippen LogP contribution in [0, 0.1) is 18.8 Å². The van der Waals surface area contributed by atoms with Crippen molar-refractivity contribution in [3.05, 3.63) is 27.7 Å². The van der Waals surface area contributed by atoms with Crippen LogP contribution in [0.4, 0.5) is 5.69 Å². The smallest absolute Gasteiger partial charge is 0.286 e. The number of hydrogen-bond acceptors (Lipinski definition) is 3. The second kappa shape index (κ2) is 7.04. The van der Waals surface area contributed by atoms with Crippen molar-refractivity contribution in [2.24, 2.45) is 22.1 Å². The van der Waals surface area contributed by atoms with Gasteiger partial charge in [-0.15, -0.1) is 5.11 Å². The van der Waals surface area contributed by atoms with Crippen LogP contribution in [0.1, 0.15) is 31.7 Å². The fourth-order valence-corrected chi connectivity index (χ4v) is 3.46. The molecule has 2 unspecified atom stereocenters. The van der Waals surface area contributed by atoms with E-state index >= 15 is 0 Å². The van der Waals surface area contributed by atoms with Crippen molar-refractivity contribution < 1.29 is 4.79 Å². The molecule has 0 heterocycles. The Hall–Kier alpha value is -0.350. The Morgan fingerprint density at radius 1 is 1.27 bits per heavy atom. The molecule has 7 heteroatoms. The Bertz CT molecular complexity index is 616. The van der Waals surface area contributed by atoms with Gasteiger partial charge in [0.15, 0.2) is 5.78 Å². The van der Waals surface area contributed by atoms with Crippen molar-refractivity contribution >= 4 is 57.9 Å². The van der Waals surface area contributed by atoms with E-state index in [4.69, 9.17) is 46.4 Å². The highest BCUT2D eigenvalue weighted by molar-refractivity contribution is 6.58. The molecule has 1 aliphatic rings. The molecule has 0 N–H and O–H groups in total. The number of carbonyl (C=O) groups excluding carboxylic acids is 1. The Morgan fingerprint density at radius 2 is 1.95 bits per heavy atom. The van der Waals surface area contributed by atoms with Crippen LogP contribution < -0.4 is 0 Å². The second-order valence-electron chi connectivity index (χ2n) is 5.75. The lowest BCUT2D eigenvalue weighted by atomic mass is 10.0. The van der Waals surface area contributed by atoms with Gasteiger partial charge < -0.3 is 0 Å². The SMILES string of the molecule is Cc1c(Cl)cc(Cl)cc1N=NC(Cl)(Cl)C(=O)C1CCC(C)C1. The summed E-state index contributed by atoms with van der Waals surface area (Å²) in [4.78, 5) is 12.4. The highest BCUT2D eigenvalue weighted by atomic mass is 35.5. The zero-order valence-electron chi connectivity index (χ0n) is 12.2. The Kier molecular flexibility index (Phi) is 5.76. The monoisotopic (exact) mass is 380 g/mol. The average molecular weight is 382 g/mol. The highest BCUT2D eigenvalue weighted by Crippen LogP contribution is 2.39. The van der Waals surface area contributed by atoms with Gasteiger partial charge in [-0.3, -0.25) is 4.79 Å². The van der Waals surface area contributed by atoms with E-state index in [2.05, 4.69) is 17.2 Å². The molecule has 1 aliphatic carbocycles. The average Bonchev–Trinajstić information content (AvgIpc) is 2.87. The maximum Gasteiger partial charge on any atom is 0.286 e. The molecule has 1 fully saturated rings. The van der Waals surface area contributed by atoms with Gasteiger partial charge in [0.25, 0.3) is 4.46 Å². The summed E-state index contributed by atoms with van der Waals surface area (Å²) in [7, 11) is 0. The molecule has 2 rings (SSSR count). The van der Waals surface area contributed by atoms with Gasteiger partial charge in [-0.05, 0) is 49.8 Å². The first-order chi connectivity index (χ1) is 10.2. The lowest BCUT2D eigenvalue weighted by Gasteiger charge is -2.16. The topological polar surface area (TPSA) is 41.8 Å². The Labute approximate surface area is 150 Å². The molecule has 0 aliphatic heterocycles. The lowest BCUT2D eigenvalue weighted by molar-refractivity contribution is -0.123. The maximum absolute atomic E-state index is 12.4. The van der Waals surface area contributed by atoms with Crippen molar-refractivity contribution in [2.45, 2.75) is 37.6 Å². The molecule has 0 aromatic heterocycles. The summed E-state index contributed by atoms with van der Waals surface area (Å²) in [5.41, 5.74) is 1.14. The minimum Gasteiger partial charge on any atom is -0.294 e. The molecule has 1 saturated carbocycles. The molecular weight excluding hydrogens is 366 g/mol. The van der Waals surface area contributed by atoms with Crippen molar-refractivity contribution in [3.63, 3.8) is 0 Å². The molecule has 1 aromatic rings. The first kappa shape index (κ1) is 18.0. The highest BCUT2D eigenvalue weighted by Gasteiger charge is 2.41. The number of carbonyl (C=O) groups is 1. The van der Waals surface area contributed by atoms with E-state index in [-0.39, 0.29) is 11.7 Å². The largest absolute Gasteiger partial charge is 0.294 e. The van der Waals surface area contributed by atoms with E-state index in [0.717, 1.165) is 19.3 Å². The first-order valence-electron chi connectivity index (χ1n) is 7.01. The van der Waals surface area contributed by atoms with E-state index < -0.39 is 4.46 Å². The third kappa shape index (κ3) is 4.14. The molecule has 0 amide bonds. The molecule has 0 spiro atoms. The van der Waals surface area contributed by atoms with Crippen LogP contribution in [0.15, 0.2) is 22.4 Å². The van der Waals surface area contributed by atoms with Gasteiger partial charge in [0.2, 0.25) is 0 Å². The summed E-state index contributed by atoms with van der Waals surface area (Å²) in [6.07, 6.45) is 2.58. The van der Waals surface area contributed by atoms with Gasteiger partial charge >= 0.3 is 0 Å². The predicted molar refractivity (Wildman–Crippen MR) is 91.7 cm³/mol. The van der Waals surface area contributed by atoms with Gasteiger partial charge in [0, 0.05) is 16.0 Å². The number of ketones is 1. The summed E-state index contributed by atoms with van der Waals surface area (Å²) in [6.45, 7) is 3.88. The van der Waals surface area contributed by atoms with Crippen LogP contribution in [0.2, 0.25) is 10.0 Å². The van der Waals surface area contributed by atoms with Gasteiger partial charge in [-0.2, -0.15) is 5.11 Å². The summed E-state index contributed by atoms with van der Waals surface area (Å²) < 4.78 is -1.88. The van der Waals surface area contributed by atoms with Crippen LogP contribution in [-0.4, -0.2) is 10.2 Å². The van der Waals surface area contributed by atoms with Crippen molar-refractivity contribution in [1.82, 2.24) is 0 Å². The van der Waals surface area contributed by atoms with Gasteiger partial charge in [0.05, 0.1) is 5.69 Å². The van der Waals surface area contributed by atoms with E-state index in [9.17, 15) is 4.79 Å². The van der Waals surface area contributed by atoms with Crippen LogP contribution in [0.25, 0.3) is 0 Å². The number of rotatable bonds is 4. The molecule has 0 saturated heterocycles. The molecule has 2 atom stereocenters. The zero-order valence-corrected chi connectivity index (χ0v) is 15.3. The Balaban J connectivity index is 2.19. The summed E-state index contributed by atoms with van der Waals surface area (Å²) in [5.74, 6) is 0.0479. The minimum atomic E-state index is -1.88. The number of benzene rings is 1. The Morgan fingerprint density at radius 3 is 2.55 bits per heavy atom. The molecule has 1 aromatic carbocycles. The molecule has 3 nitrogen and oxygen atoms in total. The van der Waals surface area contributed by atoms with Gasteiger partial charge in [0.1, 0.15) is 0 Å². The van der Waals surface area contributed by atoms with Gasteiger partial charge in [-0.1, -0.05) is 53.3 Å². The maximum atomic E-state index is 12.4. The van der Waals surface area contributed by atoms with Crippen LogP contribution in [0.5, 0.6) is 0 Å². The lowest BCUT2D eigenvalue weighted by Crippen LogP contribution is -2.29. The number of Topliss-reactive ketones (excluding diaryl/α,β-unsaturated/α-hetero) is 1. The van der Waals surface area contributed by atoms with E-state index in [0.29, 0.717) is 27.2 Å². The summed E-state index contributed by atoms with van der Waals surface area (Å²) in [6, 6.07) is 3.20. The van der Waals surface area contributed by atoms with Crippen LogP contribution in [0.3, 0.4) is 0 Å². The minimum absolute atomic E-state index is 0.159. The van der Waals surface area contributed by atoms with Gasteiger partial charge in [-0.25, -0.2) is 0 Å². The number of nitrogens with zero attached hydrogens (tertiary/aromatic N) is 2. The number of alkyl halides is 2. The predicted octanol–water partition coefficient (Wildman–Crippen LogP) is 6.52. The number of hydrogen-bond donors (Lipinski definition) is 0. The number of azo groups is 1. The number of halogens is 4. The fourth-order valence-electron chi connectivity index (χ4n) is 2.59. The summed E-state index contributed by atoms with van der Waals surface area (Å²) >= 11 is 24.1. The quantitative estimate of drug-likeness (QED) is 0.332. The first-order valence-corrected chi connectivity index (χ1v) is 8.52. The van der Waals surface area contributed by atoms with E-state index in [1.165, 1.54) is 0 Å². The van der Waals surface area contributed by atoms with E-state index in [1.54, 1.807) is 19.1 Å².